The quantitative estimate of drug-likeness (QED) is 0.812. The molecule has 0 bridgehead atoms. The molecule has 0 saturated carbocycles. The largest absolute Gasteiger partial charge is 0.384 e. The molecule has 0 saturated heterocycles. The molecule has 0 aliphatic carbocycles. The average Bonchev–Trinajstić information content (AvgIpc) is 2.29. The van der Waals surface area contributed by atoms with Crippen LogP contribution in [0.4, 0.5) is 10.1 Å². The molecule has 1 aromatic rings. The van der Waals surface area contributed by atoms with Crippen molar-refractivity contribution in [3.05, 3.63) is 29.6 Å². The van der Waals surface area contributed by atoms with Gasteiger partial charge in [-0.25, -0.2) is 12.8 Å². The summed E-state index contributed by atoms with van der Waals surface area (Å²) in [5.41, 5.74) is 0.276. The molecule has 98 valence electrons. The van der Waals surface area contributed by atoms with Crippen LogP contribution in [0.2, 0.25) is 0 Å². The number of halogens is 1. The number of anilines is 1. The first kappa shape index (κ1) is 14.5. The maximum atomic E-state index is 13.6. The van der Waals surface area contributed by atoms with E-state index in [1.54, 1.807) is 6.92 Å². The standard InChI is InChI=1S/C12H14FNO3S/c1-2-8-18(16,17)14-12-6-5-10(4-3-7-15)9-11(12)13/h5-6,9,14-15H,2,7-8H2,1H3. The summed E-state index contributed by atoms with van der Waals surface area (Å²) in [6.07, 6.45) is 0.455. The first-order valence-electron chi connectivity index (χ1n) is 5.38. The first-order valence-corrected chi connectivity index (χ1v) is 7.03. The number of rotatable bonds is 4. The van der Waals surface area contributed by atoms with Gasteiger partial charge in [0.15, 0.2) is 0 Å². The van der Waals surface area contributed by atoms with Crippen molar-refractivity contribution in [1.29, 1.82) is 0 Å². The van der Waals surface area contributed by atoms with Crippen LogP contribution >= 0.6 is 0 Å². The maximum absolute atomic E-state index is 13.6. The molecule has 0 fully saturated rings. The van der Waals surface area contributed by atoms with Crippen LogP contribution in [0.1, 0.15) is 18.9 Å². The minimum absolute atomic E-state index is 0.0570. The Morgan fingerprint density at radius 1 is 1.44 bits per heavy atom. The van der Waals surface area contributed by atoms with Crippen LogP contribution in [0.25, 0.3) is 0 Å². The predicted molar refractivity (Wildman–Crippen MR) is 68.1 cm³/mol. The van der Waals surface area contributed by atoms with Crippen LogP contribution in [0.3, 0.4) is 0 Å². The molecule has 18 heavy (non-hydrogen) atoms. The van der Waals surface area contributed by atoms with Gasteiger partial charge in [-0.2, -0.15) is 0 Å². The van der Waals surface area contributed by atoms with Crippen molar-refractivity contribution in [3.63, 3.8) is 0 Å². The number of benzene rings is 1. The van der Waals surface area contributed by atoms with Crippen LogP contribution in [-0.2, 0) is 10.0 Å². The van der Waals surface area contributed by atoms with Crippen molar-refractivity contribution >= 4 is 15.7 Å². The molecule has 2 N–H and O–H groups in total. The third-order valence-corrected chi connectivity index (χ3v) is 3.50. The highest BCUT2D eigenvalue weighted by atomic mass is 32.2. The third-order valence-electron chi connectivity index (χ3n) is 2.02. The van der Waals surface area contributed by atoms with Crippen molar-refractivity contribution in [1.82, 2.24) is 0 Å². The molecular formula is C12H14FNO3S. The van der Waals surface area contributed by atoms with E-state index in [4.69, 9.17) is 5.11 Å². The molecule has 0 amide bonds. The minimum Gasteiger partial charge on any atom is -0.384 e. The van der Waals surface area contributed by atoms with Gasteiger partial charge in [-0.05, 0) is 24.6 Å². The fourth-order valence-corrected chi connectivity index (χ4v) is 2.44. The van der Waals surface area contributed by atoms with Gasteiger partial charge in [-0.3, -0.25) is 4.72 Å². The Bertz CT molecular complexity index is 573. The lowest BCUT2D eigenvalue weighted by atomic mass is 10.2. The van der Waals surface area contributed by atoms with E-state index < -0.39 is 15.8 Å². The van der Waals surface area contributed by atoms with Gasteiger partial charge in [0, 0.05) is 5.56 Å². The third kappa shape index (κ3) is 4.35. The summed E-state index contributed by atoms with van der Waals surface area (Å²) in [5.74, 6) is 4.16. The van der Waals surface area contributed by atoms with Gasteiger partial charge >= 0.3 is 0 Å². The second-order valence-electron chi connectivity index (χ2n) is 3.58. The van der Waals surface area contributed by atoms with E-state index in [0.717, 1.165) is 6.07 Å². The summed E-state index contributed by atoms with van der Waals surface area (Å²) in [5, 5.41) is 8.50. The molecule has 0 atom stereocenters. The minimum atomic E-state index is -3.50. The fraction of sp³-hybridized carbons (Fsp3) is 0.333. The number of hydrogen-bond acceptors (Lipinski definition) is 3. The van der Waals surface area contributed by atoms with E-state index in [1.807, 2.05) is 0 Å². The van der Waals surface area contributed by atoms with Crippen molar-refractivity contribution in [3.8, 4) is 11.8 Å². The SMILES string of the molecule is CCCS(=O)(=O)Nc1ccc(C#CCO)cc1F. The first-order chi connectivity index (χ1) is 8.48. The van der Waals surface area contributed by atoms with E-state index in [-0.39, 0.29) is 18.0 Å². The number of aliphatic hydroxyl groups excluding tert-OH is 1. The van der Waals surface area contributed by atoms with Crippen molar-refractivity contribution in [2.24, 2.45) is 0 Å². The highest BCUT2D eigenvalue weighted by Gasteiger charge is 2.11. The summed E-state index contributed by atoms with van der Waals surface area (Å²) in [7, 11) is -3.50. The number of aliphatic hydroxyl groups is 1. The zero-order valence-corrected chi connectivity index (χ0v) is 10.7. The topological polar surface area (TPSA) is 66.4 Å². The van der Waals surface area contributed by atoms with Crippen LogP contribution in [0.15, 0.2) is 18.2 Å². The Kier molecular flexibility index (Phi) is 5.13. The molecule has 0 aromatic heterocycles. The zero-order valence-electron chi connectivity index (χ0n) is 9.90. The van der Waals surface area contributed by atoms with Gasteiger partial charge in [0.25, 0.3) is 0 Å². The molecular weight excluding hydrogens is 257 g/mol. The van der Waals surface area contributed by atoms with Crippen LogP contribution in [0, 0.1) is 17.7 Å². The van der Waals surface area contributed by atoms with E-state index in [9.17, 15) is 12.8 Å². The molecule has 0 radical (unpaired) electrons. The lowest BCUT2D eigenvalue weighted by Crippen LogP contribution is -2.16. The summed E-state index contributed by atoms with van der Waals surface area (Å²) >= 11 is 0. The summed E-state index contributed by atoms with van der Waals surface area (Å²) in [4.78, 5) is 0. The van der Waals surface area contributed by atoms with Crippen LogP contribution in [-0.4, -0.2) is 25.9 Å². The average molecular weight is 271 g/mol. The van der Waals surface area contributed by atoms with Crippen molar-refractivity contribution < 1.29 is 17.9 Å². The smallest absolute Gasteiger partial charge is 0.232 e. The van der Waals surface area contributed by atoms with E-state index in [2.05, 4.69) is 16.6 Å². The van der Waals surface area contributed by atoms with E-state index in [0.29, 0.717) is 12.0 Å². The Morgan fingerprint density at radius 3 is 2.72 bits per heavy atom. The van der Waals surface area contributed by atoms with Crippen LogP contribution in [0.5, 0.6) is 0 Å². The predicted octanol–water partition coefficient (Wildman–Crippen LogP) is 1.32. The van der Waals surface area contributed by atoms with Crippen LogP contribution < -0.4 is 4.72 Å². The van der Waals surface area contributed by atoms with Gasteiger partial charge < -0.3 is 5.11 Å². The fourth-order valence-electron chi connectivity index (χ4n) is 1.30. The van der Waals surface area contributed by atoms with Gasteiger partial charge in [0.05, 0.1) is 11.4 Å². The van der Waals surface area contributed by atoms with E-state index in [1.165, 1.54) is 12.1 Å². The molecule has 0 heterocycles. The van der Waals surface area contributed by atoms with Gasteiger partial charge in [0.1, 0.15) is 12.4 Å². The lowest BCUT2D eigenvalue weighted by molar-refractivity contribution is 0.350. The summed E-state index contributed by atoms with van der Waals surface area (Å²) in [6.45, 7) is 1.41. The van der Waals surface area contributed by atoms with Gasteiger partial charge in [-0.15, -0.1) is 0 Å². The second-order valence-corrected chi connectivity index (χ2v) is 5.42. The number of hydrogen-bond donors (Lipinski definition) is 2. The Morgan fingerprint density at radius 2 is 2.17 bits per heavy atom. The second kappa shape index (κ2) is 6.38. The molecule has 0 unspecified atom stereocenters. The highest BCUT2D eigenvalue weighted by molar-refractivity contribution is 7.92. The van der Waals surface area contributed by atoms with Gasteiger partial charge in [-0.1, -0.05) is 18.8 Å². The molecule has 0 spiro atoms. The number of nitrogens with one attached hydrogen (secondary N) is 1. The van der Waals surface area contributed by atoms with Gasteiger partial charge in [0.2, 0.25) is 10.0 Å². The lowest BCUT2D eigenvalue weighted by Gasteiger charge is -2.08. The molecule has 1 rings (SSSR count). The zero-order chi connectivity index (χ0) is 13.6. The number of sulfonamides is 1. The Balaban J connectivity index is 2.93. The summed E-state index contributed by atoms with van der Waals surface area (Å²) in [6, 6.07) is 3.91. The molecule has 1 aromatic carbocycles. The Labute approximate surface area is 106 Å². The molecule has 4 nitrogen and oxygen atoms in total. The molecule has 0 aliphatic rings. The molecule has 6 heteroatoms. The van der Waals surface area contributed by atoms with E-state index >= 15 is 0 Å². The molecule has 0 aliphatic heterocycles. The van der Waals surface area contributed by atoms with Crippen molar-refractivity contribution in [2.75, 3.05) is 17.1 Å². The monoisotopic (exact) mass is 271 g/mol. The maximum Gasteiger partial charge on any atom is 0.232 e. The normalized spacial score (nSPS) is 10.6. The highest BCUT2D eigenvalue weighted by Crippen LogP contribution is 2.17. The summed E-state index contributed by atoms with van der Waals surface area (Å²) < 4.78 is 38.7. The van der Waals surface area contributed by atoms with Crippen molar-refractivity contribution in [2.45, 2.75) is 13.3 Å². The Hall–Kier alpha value is -1.58.